The first-order valence-corrected chi connectivity index (χ1v) is 9.57. The predicted molar refractivity (Wildman–Crippen MR) is 107 cm³/mol. The minimum Gasteiger partial charge on any atom is -0.350 e. The van der Waals surface area contributed by atoms with Crippen molar-refractivity contribution < 1.29 is 14.4 Å². The number of aryl methyl sites for hydroxylation is 1. The molecule has 1 saturated heterocycles. The molecule has 2 aromatic rings. The number of carbonyl (C=O) groups is 3. The summed E-state index contributed by atoms with van der Waals surface area (Å²) in [4.78, 5) is 38.3. The smallest absolute Gasteiger partial charge is 0.293 e. The summed E-state index contributed by atoms with van der Waals surface area (Å²) in [6.07, 6.45) is 2.62. The lowest BCUT2D eigenvalue weighted by Crippen LogP contribution is -2.37. The fourth-order valence-electron chi connectivity index (χ4n) is 2.67. The maximum Gasteiger partial charge on any atom is 0.293 e. The summed E-state index contributed by atoms with van der Waals surface area (Å²) in [5.41, 5.74) is 2.59. The number of thioether (sulfide) groups is 1. The van der Waals surface area contributed by atoms with Crippen LogP contribution in [0.15, 0.2) is 59.5 Å². The molecule has 27 heavy (non-hydrogen) atoms. The zero-order valence-electron chi connectivity index (χ0n) is 15.0. The van der Waals surface area contributed by atoms with Gasteiger partial charge < -0.3 is 5.32 Å². The lowest BCUT2D eigenvalue weighted by molar-refractivity contribution is -0.122. The molecule has 0 saturated carbocycles. The van der Waals surface area contributed by atoms with Crippen molar-refractivity contribution >= 4 is 34.9 Å². The van der Waals surface area contributed by atoms with Crippen molar-refractivity contribution in [2.24, 2.45) is 0 Å². The number of hydrogen-bond donors (Lipinski definition) is 1. The van der Waals surface area contributed by atoms with E-state index in [1.807, 2.05) is 42.5 Å². The Kier molecular flexibility index (Phi) is 6.08. The van der Waals surface area contributed by atoms with Gasteiger partial charge in [0, 0.05) is 18.7 Å². The number of amides is 3. The Bertz CT molecular complexity index is 876. The van der Waals surface area contributed by atoms with E-state index in [9.17, 15) is 14.4 Å². The summed E-state index contributed by atoms with van der Waals surface area (Å²) in [5.74, 6) is -0.542. The van der Waals surface area contributed by atoms with E-state index in [-0.39, 0.29) is 30.1 Å². The molecule has 3 amide bonds. The molecule has 1 heterocycles. The first-order valence-electron chi connectivity index (χ1n) is 8.76. The van der Waals surface area contributed by atoms with Crippen molar-refractivity contribution in [1.82, 2.24) is 10.2 Å². The Morgan fingerprint density at radius 3 is 2.44 bits per heavy atom. The van der Waals surface area contributed by atoms with E-state index >= 15 is 0 Å². The van der Waals surface area contributed by atoms with Crippen molar-refractivity contribution in [2.75, 3.05) is 13.1 Å². The molecule has 1 fully saturated rings. The number of rotatable bonds is 6. The van der Waals surface area contributed by atoms with Gasteiger partial charge in [-0.2, -0.15) is 0 Å². The molecule has 0 unspecified atom stereocenters. The molecule has 0 spiro atoms. The van der Waals surface area contributed by atoms with E-state index in [2.05, 4.69) is 12.2 Å². The van der Waals surface area contributed by atoms with Crippen LogP contribution in [0.2, 0.25) is 0 Å². The van der Waals surface area contributed by atoms with Gasteiger partial charge in [0.2, 0.25) is 0 Å². The molecule has 0 atom stereocenters. The normalized spacial score (nSPS) is 15.4. The number of benzene rings is 2. The van der Waals surface area contributed by atoms with E-state index in [0.29, 0.717) is 10.5 Å². The Morgan fingerprint density at radius 2 is 1.78 bits per heavy atom. The third-order valence-corrected chi connectivity index (χ3v) is 5.12. The van der Waals surface area contributed by atoms with Crippen LogP contribution in [0.1, 0.15) is 28.4 Å². The highest BCUT2D eigenvalue weighted by molar-refractivity contribution is 8.18. The molecule has 138 valence electrons. The Hall–Kier alpha value is -2.86. The molecule has 0 bridgehead atoms. The van der Waals surface area contributed by atoms with E-state index in [4.69, 9.17) is 0 Å². The highest BCUT2D eigenvalue weighted by atomic mass is 32.2. The Balaban J connectivity index is 1.56. The molecule has 3 rings (SSSR count). The van der Waals surface area contributed by atoms with Crippen LogP contribution in [-0.4, -0.2) is 35.0 Å². The SMILES string of the molecule is CCc1ccc(C(=O)NCCN2C(=O)S/C(=C\c3ccccc3)C2=O)cc1. The van der Waals surface area contributed by atoms with Crippen molar-refractivity contribution in [3.63, 3.8) is 0 Å². The first-order chi connectivity index (χ1) is 13.1. The monoisotopic (exact) mass is 380 g/mol. The van der Waals surface area contributed by atoms with Gasteiger partial charge in [-0.15, -0.1) is 0 Å². The zero-order valence-corrected chi connectivity index (χ0v) is 15.8. The van der Waals surface area contributed by atoms with Crippen molar-refractivity contribution in [3.05, 3.63) is 76.2 Å². The lowest BCUT2D eigenvalue weighted by atomic mass is 10.1. The Morgan fingerprint density at radius 1 is 1.07 bits per heavy atom. The van der Waals surface area contributed by atoms with Gasteiger partial charge in [0.15, 0.2) is 0 Å². The minimum atomic E-state index is -0.324. The quantitative estimate of drug-likeness (QED) is 0.776. The van der Waals surface area contributed by atoms with Crippen LogP contribution >= 0.6 is 11.8 Å². The maximum absolute atomic E-state index is 12.4. The highest BCUT2D eigenvalue weighted by Gasteiger charge is 2.34. The molecule has 0 radical (unpaired) electrons. The predicted octanol–water partition coefficient (Wildman–Crippen LogP) is 3.72. The molecule has 0 aromatic heterocycles. The number of carbonyl (C=O) groups excluding carboxylic acids is 3. The van der Waals surface area contributed by atoms with Crippen LogP contribution in [0.3, 0.4) is 0 Å². The minimum absolute atomic E-state index is 0.148. The molecule has 0 aliphatic carbocycles. The van der Waals surface area contributed by atoms with Crippen LogP contribution in [0, 0.1) is 0 Å². The summed E-state index contributed by atoms with van der Waals surface area (Å²) in [6, 6.07) is 16.8. The van der Waals surface area contributed by atoms with Gasteiger partial charge in [0.05, 0.1) is 4.91 Å². The van der Waals surface area contributed by atoms with E-state index in [1.165, 1.54) is 4.90 Å². The third-order valence-electron chi connectivity index (χ3n) is 4.22. The molecule has 5 nitrogen and oxygen atoms in total. The summed E-state index contributed by atoms with van der Waals surface area (Å²) in [5, 5.41) is 2.44. The molecule has 6 heteroatoms. The average molecular weight is 380 g/mol. The molecular weight excluding hydrogens is 360 g/mol. The number of nitrogens with zero attached hydrogens (tertiary/aromatic N) is 1. The molecule has 1 N–H and O–H groups in total. The standard InChI is InChI=1S/C21H20N2O3S/c1-2-15-8-10-17(11-9-15)19(24)22-12-13-23-20(25)18(27-21(23)26)14-16-6-4-3-5-7-16/h3-11,14H,2,12-13H2,1H3,(H,22,24)/b18-14-. The van der Waals surface area contributed by atoms with Gasteiger partial charge in [-0.3, -0.25) is 19.3 Å². The van der Waals surface area contributed by atoms with Crippen LogP contribution in [-0.2, 0) is 11.2 Å². The summed E-state index contributed by atoms with van der Waals surface area (Å²) >= 11 is 0.922. The molecular formula is C21H20N2O3S. The number of nitrogens with one attached hydrogen (secondary N) is 1. The van der Waals surface area contributed by atoms with Gasteiger partial charge >= 0.3 is 0 Å². The van der Waals surface area contributed by atoms with E-state index in [1.54, 1.807) is 18.2 Å². The van der Waals surface area contributed by atoms with Gasteiger partial charge in [0.25, 0.3) is 17.1 Å². The van der Waals surface area contributed by atoms with Gasteiger partial charge in [-0.25, -0.2) is 0 Å². The summed E-state index contributed by atoms with van der Waals surface area (Å²) in [6.45, 7) is 2.41. The summed E-state index contributed by atoms with van der Waals surface area (Å²) < 4.78 is 0. The highest BCUT2D eigenvalue weighted by Crippen LogP contribution is 2.31. The van der Waals surface area contributed by atoms with Gasteiger partial charge in [-0.05, 0) is 47.5 Å². The number of hydrogen-bond acceptors (Lipinski definition) is 4. The molecule has 1 aliphatic rings. The van der Waals surface area contributed by atoms with Crippen molar-refractivity contribution in [1.29, 1.82) is 0 Å². The molecule has 2 aromatic carbocycles. The maximum atomic E-state index is 12.4. The van der Waals surface area contributed by atoms with Crippen LogP contribution < -0.4 is 5.32 Å². The third kappa shape index (κ3) is 4.65. The van der Waals surface area contributed by atoms with Gasteiger partial charge in [-0.1, -0.05) is 49.4 Å². The van der Waals surface area contributed by atoms with Crippen molar-refractivity contribution in [2.45, 2.75) is 13.3 Å². The second-order valence-electron chi connectivity index (χ2n) is 6.05. The average Bonchev–Trinajstić information content (AvgIpc) is 2.96. The second-order valence-corrected chi connectivity index (χ2v) is 7.04. The largest absolute Gasteiger partial charge is 0.350 e. The molecule has 1 aliphatic heterocycles. The van der Waals surface area contributed by atoms with Gasteiger partial charge in [0.1, 0.15) is 0 Å². The lowest BCUT2D eigenvalue weighted by Gasteiger charge is -2.13. The zero-order chi connectivity index (χ0) is 19.2. The van der Waals surface area contributed by atoms with Crippen LogP contribution in [0.4, 0.5) is 4.79 Å². The van der Waals surface area contributed by atoms with Crippen LogP contribution in [0.25, 0.3) is 6.08 Å². The fourth-order valence-corrected chi connectivity index (χ4v) is 3.53. The first kappa shape index (κ1) is 18.9. The summed E-state index contributed by atoms with van der Waals surface area (Å²) in [7, 11) is 0. The Labute approximate surface area is 162 Å². The number of imide groups is 1. The van der Waals surface area contributed by atoms with Crippen LogP contribution in [0.5, 0.6) is 0 Å². The fraction of sp³-hybridized carbons (Fsp3) is 0.190. The van der Waals surface area contributed by atoms with E-state index in [0.717, 1.165) is 29.3 Å². The van der Waals surface area contributed by atoms with Crippen molar-refractivity contribution in [3.8, 4) is 0 Å². The topological polar surface area (TPSA) is 66.5 Å². The second kappa shape index (κ2) is 8.68. The van der Waals surface area contributed by atoms with E-state index < -0.39 is 0 Å².